The number of hydrogen-bond donors (Lipinski definition) is 1. The van der Waals surface area contributed by atoms with E-state index in [9.17, 15) is 9.59 Å². The number of hydrogen-bond acceptors (Lipinski definition) is 6. The smallest absolute Gasteiger partial charge is 0.265 e. The highest BCUT2D eigenvalue weighted by Crippen LogP contribution is 2.25. The van der Waals surface area contributed by atoms with Crippen molar-refractivity contribution in [2.24, 2.45) is 0 Å². The molecule has 0 bridgehead atoms. The van der Waals surface area contributed by atoms with Gasteiger partial charge in [0, 0.05) is 18.3 Å². The molecule has 1 fully saturated rings. The summed E-state index contributed by atoms with van der Waals surface area (Å²) in [5, 5.41) is 2.58. The van der Waals surface area contributed by atoms with E-state index in [0.717, 1.165) is 4.88 Å². The minimum absolute atomic E-state index is 0.0256. The Bertz CT molecular complexity index is 955. The molecular formula is C18H14ClN3O3S2. The summed E-state index contributed by atoms with van der Waals surface area (Å²) < 4.78 is 6.25. The van der Waals surface area contributed by atoms with Gasteiger partial charge in [0.05, 0.1) is 4.88 Å². The van der Waals surface area contributed by atoms with E-state index in [1.807, 2.05) is 0 Å². The van der Waals surface area contributed by atoms with Crippen molar-refractivity contribution in [3.63, 3.8) is 0 Å². The zero-order valence-electron chi connectivity index (χ0n) is 14.0. The van der Waals surface area contributed by atoms with E-state index < -0.39 is 11.8 Å². The first-order valence-electron chi connectivity index (χ1n) is 7.81. The molecule has 1 aromatic carbocycles. The Kier molecular flexibility index (Phi) is 6.00. The van der Waals surface area contributed by atoms with Crippen LogP contribution in [-0.4, -0.2) is 33.4 Å². The molecule has 27 heavy (non-hydrogen) atoms. The van der Waals surface area contributed by atoms with Crippen molar-refractivity contribution >= 4 is 58.2 Å². The third kappa shape index (κ3) is 4.41. The van der Waals surface area contributed by atoms with Gasteiger partial charge in [-0.05, 0) is 24.4 Å². The standard InChI is InChI=1S/C18H14ClN3O3S2/c1-2-7-22-16(24)13(15(23)21-18(22)26)8-11-5-3-4-6-14(11)25-10-12-9-20-17(19)27-12/h2-6,8-9H,1,7,10H2,(H,21,23,26)/b13-8+. The zero-order chi connectivity index (χ0) is 19.4. The number of nitrogens with one attached hydrogen (secondary N) is 1. The quantitative estimate of drug-likeness (QED) is 0.337. The van der Waals surface area contributed by atoms with Gasteiger partial charge in [-0.2, -0.15) is 0 Å². The summed E-state index contributed by atoms with van der Waals surface area (Å²) in [5.74, 6) is -0.499. The molecule has 6 nitrogen and oxygen atoms in total. The van der Waals surface area contributed by atoms with Gasteiger partial charge in [0.2, 0.25) is 0 Å². The van der Waals surface area contributed by atoms with E-state index in [4.69, 9.17) is 28.6 Å². The number of rotatable bonds is 6. The summed E-state index contributed by atoms with van der Waals surface area (Å²) in [5.41, 5.74) is 0.570. The maximum Gasteiger partial charge on any atom is 0.265 e. The molecule has 0 radical (unpaired) electrons. The topological polar surface area (TPSA) is 71.5 Å². The molecule has 1 N–H and O–H groups in total. The van der Waals surface area contributed by atoms with Crippen molar-refractivity contribution in [3.8, 4) is 5.75 Å². The highest BCUT2D eigenvalue weighted by Gasteiger charge is 2.32. The Morgan fingerprint density at radius 3 is 2.85 bits per heavy atom. The fraction of sp³-hybridized carbons (Fsp3) is 0.111. The Balaban J connectivity index is 1.87. The van der Waals surface area contributed by atoms with Gasteiger partial charge >= 0.3 is 0 Å². The molecule has 1 aliphatic rings. The van der Waals surface area contributed by atoms with Crippen molar-refractivity contribution in [1.29, 1.82) is 0 Å². The van der Waals surface area contributed by atoms with Crippen molar-refractivity contribution < 1.29 is 14.3 Å². The predicted molar refractivity (Wildman–Crippen MR) is 109 cm³/mol. The normalized spacial score (nSPS) is 15.8. The van der Waals surface area contributed by atoms with Gasteiger partial charge in [-0.25, -0.2) is 4.98 Å². The van der Waals surface area contributed by atoms with Crippen LogP contribution in [0.4, 0.5) is 0 Å². The third-order valence-corrected chi connectivity index (χ3v) is 5.02. The largest absolute Gasteiger partial charge is 0.487 e. The minimum atomic E-state index is -0.547. The highest BCUT2D eigenvalue weighted by molar-refractivity contribution is 7.80. The maximum absolute atomic E-state index is 12.6. The van der Waals surface area contributed by atoms with Crippen LogP contribution in [0.25, 0.3) is 6.08 Å². The van der Waals surface area contributed by atoms with Gasteiger partial charge in [-0.15, -0.1) is 17.9 Å². The lowest BCUT2D eigenvalue weighted by atomic mass is 10.1. The zero-order valence-corrected chi connectivity index (χ0v) is 16.4. The lowest BCUT2D eigenvalue weighted by molar-refractivity contribution is -0.128. The number of carbonyl (C=O) groups excluding carboxylic acids is 2. The summed E-state index contributed by atoms with van der Waals surface area (Å²) in [4.78, 5) is 31.0. The second-order valence-electron chi connectivity index (χ2n) is 5.43. The highest BCUT2D eigenvalue weighted by atomic mass is 35.5. The van der Waals surface area contributed by atoms with Gasteiger partial charge in [-0.3, -0.25) is 19.8 Å². The van der Waals surface area contributed by atoms with Crippen molar-refractivity contribution in [2.45, 2.75) is 6.61 Å². The number of carbonyl (C=O) groups is 2. The Labute approximate surface area is 170 Å². The molecule has 0 atom stereocenters. The molecule has 9 heteroatoms. The van der Waals surface area contributed by atoms with Crippen LogP contribution in [-0.2, 0) is 16.2 Å². The number of thiazole rings is 1. The van der Waals surface area contributed by atoms with Gasteiger partial charge in [-0.1, -0.05) is 35.9 Å². The number of amides is 2. The SMILES string of the molecule is C=CCN1C(=O)/C(=C/c2ccccc2OCc2cnc(Cl)s2)C(=O)NC1=S. The van der Waals surface area contributed by atoms with Crippen LogP contribution in [0.3, 0.4) is 0 Å². The number of halogens is 1. The van der Waals surface area contributed by atoms with Crippen molar-refractivity contribution in [3.05, 3.63) is 63.6 Å². The number of para-hydroxylation sites is 1. The van der Waals surface area contributed by atoms with E-state index in [0.29, 0.717) is 15.8 Å². The molecule has 3 rings (SSSR count). The van der Waals surface area contributed by atoms with Crippen LogP contribution < -0.4 is 10.1 Å². The molecule has 0 spiro atoms. The number of benzene rings is 1. The van der Waals surface area contributed by atoms with Gasteiger partial charge < -0.3 is 4.74 Å². The number of aromatic nitrogens is 1. The molecule has 1 aliphatic heterocycles. The Morgan fingerprint density at radius 2 is 2.15 bits per heavy atom. The van der Waals surface area contributed by atoms with Crippen LogP contribution in [0.5, 0.6) is 5.75 Å². The molecule has 0 saturated carbocycles. The number of ether oxygens (including phenoxy) is 1. The van der Waals surface area contributed by atoms with E-state index >= 15 is 0 Å². The second-order valence-corrected chi connectivity index (χ2v) is 7.51. The first kappa shape index (κ1) is 19.2. The van der Waals surface area contributed by atoms with Crippen molar-refractivity contribution in [2.75, 3.05) is 6.54 Å². The van der Waals surface area contributed by atoms with Crippen LogP contribution in [0, 0.1) is 0 Å². The Morgan fingerprint density at radius 1 is 1.37 bits per heavy atom. The first-order valence-corrected chi connectivity index (χ1v) is 9.41. The maximum atomic E-state index is 12.6. The summed E-state index contributed by atoms with van der Waals surface area (Å²) >= 11 is 12.2. The monoisotopic (exact) mass is 419 g/mol. The number of thiocarbonyl (C=S) groups is 1. The average molecular weight is 420 g/mol. The van der Waals surface area contributed by atoms with Gasteiger partial charge in [0.1, 0.15) is 17.9 Å². The lowest BCUT2D eigenvalue weighted by Gasteiger charge is -2.27. The molecule has 0 unspecified atom stereocenters. The molecule has 2 aromatic rings. The average Bonchev–Trinajstić information content (AvgIpc) is 3.06. The van der Waals surface area contributed by atoms with Gasteiger partial charge in [0.25, 0.3) is 11.8 Å². The summed E-state index contributed by atoms with van der Waals surface area (Å²) in [6.07, 6.45) is 4.67. The fourth-order valence-corrected chi connectivity index (χ4v) is 3.52. The lowest BCUT2D eigenvalue weighted by Crippen LogP contribution is -2.53. The molecule has 138 valence electrons. The van der Waals surface area contributed by atoms with Gasteiger partial charge in [0.15, 0.2) is 9.58 Å². The predicted octanol–water partition coefficient (Wildman–Crippen LogP) is 3.19. The molecule has 1 aromatic heterocycles. The number of nitrogens with zero attached hydrogens (tertiary/aromatic N) is 2. The first-order chi connectivity index (χ1) is 13.0. The van der Waals surface area contributed by atoms with E-state index in [1.54, 1.807) is 30.5 Å². The summed E-state index contributed by atoms with van der Waals surface area (Å²) in [7, 11) is 0. The molecule has 2 amide bonds. The fourth-order valence-electron chi connectivity index (χ4n) is 2.37. The summed E-state index contributed by atoms with van der Waals surface area (Å²) in [6.45, 7) is 4.08. The molecular weight excluding hydrogens is 406 g/mol. The van der Waals surface area contributed by atoms with Crippen molar-refractivity contribution in [1.82, 2.24) is 15.2 Å². The molecule has 2 heterocycles. The second kappa shape index (κ2) is 8.43. The van der Waals surface area contributed by atoms with Crippen LogP contribution >= 0.6 is 35.2 Å². The van der Waals surface area contributed by atoms with Crippen LogP contribution in [0.15, 0.2) is 48.7 Å². The van der Waals surface area contributed by atoms with Crippen LogP contribution in [0.2, 0.25) is 4.47 Å². The van der Waals surface area contributed by atoms with E-state index in [-0.39, 0.29) is 23.8 Å². The van der Waals surface area contributed by atoms with E-state index in [1.165, 1.54) is 28.4 Å². The third-order valence-electron chi connectivity index (χ3n) is 3.61. The van der Waals surface area contributed by atoms with Crippen LogP contribution in [0.1, 0.15) is 10.4 Å². The van der Waals surface area contributed by atoms with E-state index in [2.05, 4.69) is 16.9 Å². The Hall–Kier alpha value is -2.55. The minimum Gasteiger partial charge on any atom is -0.487 e. The molecule has 0 aliphatic carbocycles. The summed E-state index contributed by atoms with van der Waals surface area (Å²) in [6, 6.07) is 7.11. The molecule has 1 saturated heterocycles.